The van der Waals surface area contributed by atoms with Crippen molar-refractivity contribution in [2.75, 3.05) is 5.75 Å². The van der Waals surface area contributed by atoms with Crippen molar-refractivity contribution in [1.29, 1.82) is 0 Å². The van der Waals surface area contributed by atoms with Crippen molar-refractivity contribution in [1.82, 2.24) is 4.31 Å². The summed E-state index contributed by atoms with van der Waals surface area (Å²) in [6.45, 7) is 0. The molecule has 1 aliphatic heterocycles. The summed E-state index contributed by atoms with van der Waals surface area (Å²) in [5.41, 5.74) is 0.847. The summed E-state index contributed by atoms with van der Waals surface area (Å²) in [6.07, 6.45) is 0. The number of ketones is 1. The number of imide groups is 1. The molecule has 26 heavy (non-hydrogen) atoms. The molecule has 0 fully saturated rings. The summed E-state index contributed by atoms with van der Waals surface area (Å²) in [4.78, 5) is 37.4. The van der Waals surface area contributed by atoms with Gasteiger partial charge in [0.15, 0.2) is 5.78 Å². The van der Waals surface area contributed by atoms with Gasteiger partial charge in [0.2, 0.25) is 0 Å². The lowest BCUT2D eigenvalue weighted by molar-refractivity contribution is 0.0771. The molecule has 3 aromatic rings. The fourth-order valence-electron chi connectivity index (χ4n) is 3.08. The molecule has 3 aromatic carbocycles. The molecule has 0 N–H and O–H groups in total. The van der Waals surface area contributed by atoms with Crippen molar-refractivity contribution in [3.05, 3.63) is 83.4 Å². The Morgan fingerprint density at radius 2 is 1.38 bits per heavy atom. The van der Waals surface area contributed by atoms with Gasteiger partial charge >= 0.3 is 0 Å². The molecule has 5 nitrogen and oxygen atoms in total. The minimum Gasteiger partial charge on any atom is -0.293 e. The second-order valence-corrected chi connectivity index (χ2v) is 7.16. The van der Waals surface area contributed by atoms with Crippen LogP contribution in [0.15, 0.2) is 66.7 Å². The molecule has 1 heterocycles. The average molecular weight is 363 g/mol. The van der Waals surface area contributed by atoms with Crippen LogP contribution in [0.4, 0.5) is 0 Å². The number of hydrogen-bond donors (Lipinski definition) is 0. The number of hydrogen-bond acceptors (Lipinski definition) is 4. The number of rotatable bonds is 4. The molecular formula is C20H13NO4S. The van der Waals surface area contributed by atoms with Crippen LogP contribution in [0.3, 0.4) is 0 Å². The normalized spacial score (nSPS) is 14.5. The molecule has 128 valence electrons. The quantitative estimate of drug-likeness (QED) is 0.528. The molecule has 2 amide bonds. The van der Waals surface area contributed by atoms with E-state index in [1.807, 2.05) is 30.3 Å². The van der Waals surface area contributed by atoms with Gasteiger partial charge in [0.1, 0.15) is 16.7 Å². The summed E-state index contributed by atoms with van der Waals surface area (Å²) < 4.78 is 13.3. The number of carbonyl (C=O) groups is 3. The van der Waals surface area contributed by atoms with Crippen molar-refractivity contribution < 1.29 is 18.6 Å². The highest BCUT2D eigenvalue weighted by molar-refractivity contribution is 7.84. The molecule has 1 unspecified atom stereocenters. The number of nitrogens with zero attached hydrogens (tertiary/aromatic N) is 1. The first-order valence-electron chi connectivity index (χ1n) is 7.95. The zero-order valence-corrected chi connectivity index (χ0v) is 14.4. The Hall–Kier alpha value is -3.12. The van der Waals surface area contributed by atoms with Crippen LogP contribution in [0.25, 0.3) is 10.8 Å². The largest absolute Gasteiger partial charge is 0.293 e. The van der Waals surface area contributed by atoms with Crippen molar-refractivity contribution in [2.45, 2.75) is 0 Å². The first kappa shape index (κ1) is 16.4. The smallest absolute Gasteiger partial charge is 0.273 e. The van der Waals surface area contributed by atoms with Crippen molar-refractivity contribution in [2.24, 2.45) is 0 Å². The Balaban J connectivity index is 1.62. The predicted molar refractivity (Wildman–Crippen MR) is 98.2 cm³/mol. The molecule has 6 heteroatoms. The van der Waals surface area contributed by atoms with Gasteiger partial charge < -0.3 is 0 Å². The molecule has 0 spiro atoms. The van der Waals surface area contributed by atoms with E-state index in [-0.39, 0.29) is 16.9 Å². The van der Waals surface area contributed by atoms with Gasteiger partial charge in [0.05, 0.1) is 11.1 Å². The van der Waals surface area contributed by atoms with Crippen LogP contribution in [-0.4, -0.2) is 31.9 Å². The second-order valence-electron chi connectivity index (χ2n) is 5.87. The minimum absolute atomic E-state index is 0.212. The van der Waals surface area contributed by atoms with Gasteiger partial charge in [0, 0.05) is 5.56 Å². The van der Waals surface area contributed by atoms with Gasteiger partial charge in [-0.1, -0.05) is 54.6 Å². The summed E-state index contributed by atoms with van der Waals surface area (Å²) in [6, 6.07) is 19.0. The third kappa shape index (κ3) is 2.55. The maximum atomic E-state index is 12.7. The van der Waals surface area contributed by atoms with E-state index in [1.165, 1.54) is 12.1 Å². The molecular weight excluding hydrogens is 350 g/mol. The van der Waals surface area contributed by atoms with E-state index in [9.17, 15) is 18.6 Å². The van der Waals surface area contributed by atoms with Crippen LogP contribution in [0.1, 0.15) is 31.1 Å². The molecule has 4 rings (SSSR count). The Morgan fingerprint density at radius 3 is 2.08 bits per heavy atom. The van der Waals surface area contributed by atoms with Crippen molar-refractivity contribution in [3.8, 4) is 0 Å². The Bertz CT molecular complexity index is 1070. The lowest BCUT2D eigenvalue weighted by atomic mass is 10.0. The molecule has 0 saturated heterocycles. The first-order chi connectivity index (χ1) is 12.6. The summed E-state index contributed by atoms with van der Waals surface area (Å²) in [5, 5.41) is 1.64. The fourth-order valence-corrected chi connectivity index (χ4v) is 4.15. The van der Waals surface area contributed by atoms with Crippen molar-refractivity contribution >= 4 is 39.4 Å². The van der Waals surface area contributed by atoms with Crippen molar-refractivity contribution in [3.63, 3.8) is 0 Å². The highest BCUT2D eigenvalue weighted by Crippen LogP contribution is 2.25. The maximum Gasteiger partial charge on any atom is 0.273 e. The van der Waals surface area contributed by atoms with E-state index < -0.39 is 28.6 Å². The Labute approximate surface area is 151 Å². The Morgan fingerprint density at radius 1 is 0.808 bits per heavy atom. The van der Waals surface area contributed by atoms with Crippen LogP contribution in [0.2, 0.25) is 0 Å². The fraction of sp³-hybridized carbons (Fsp3) is 0.0500. The van der Waals surface area contributed by atoms with E-state index in [4.69, 9.17) is 0 Å². The van der Waals surface area contributed by atoms with Crippen LogP contribution >= 0.6 is 0 Å². The number of amides is 2. The number of carbonyl (C=O) groups excluding carboxylic acids is 3. The van der Waals surface area contributed by atoms with Gasteiger partial charge in [-0.25, -0.2) is 4.21 Å². The highest BCUT2D eigenvalue weighted by atomic mass is 32.2. The van der Waals surface area contributed by atoms with E-state index in [0.29, 0.717) is 9.87 Å². The standard InChI is InChI=1S/C20H13NO4S/c22-18(15-11-5-7-13-6-1-2-8-14(13)15)12-26(25)21-19(23)16-9-3-4-10-17(16)20(21)24/h1-11H,12H2. The molecule has 1 aliphatic rings. The van der Waals surface area contributed by atoms with Crippen LogP contribution in [0.5, 0.6) is 0 Å². The van der Waals surface area contributed by atoms with Crippen LogP contribution in [0, 0.1) is 0 Å². The van der Waals surface area contributed by atoms with E-state index in [2.05, 4.69) is 0 Å². The summed E-state index contributed by atoms with van der Waals surface area (Å²) in [5.74, 6) is -2.07. The monoisotopic (exact) mass is 363 g/mol. The molecule has 0 radical (unpaired) electrons. The second kappa shape index (κ2) is 6.31. The highest BCUT2D eigenvalue weighted by Gasteiger charge is 2.39. The number of benzene rings is 3. The number of Topliss-reactive ketones (excluding diaryl/α,β-unsaturated/α-hetero) is 1. The Kier molecular flexibility index (Phi) is 3.97. The SMILES string of the molecule is O=C(CS(=O)N1C(=O)c2ccccc2C1=O)c1cccc2ccccc12. The first-order valence-corrected chi connectivity index (χ1v) is 9.23. The van der Waals surface area contributed by atoms with E-state index in [1.54, 1.807) is 24.3 Å². The van der Waals surface area contributed by atoms with Gasteiger partial charge in [-0.2, -0.15) is 4.31 Å². The topological polar surface area (TPSA) is 71.5 Å². The average Bonchev–Trinajstić information content (AvgIpc) is 2.92. The minimum atomic E-state index is -2.07. The molecule has 0 aliphatic carbocycles. The van der Waals surface area contributed by atoms with Crippen LogP contribution < -0.4 is 0 Å². The molecule has 0 aromatic heterocycles. The maximum absolute atomic E-state index is 12.7. The lowest BCUT2D eigenvalue weighted by Crippen LogP contribution is -2.35. The van der Waals surface area contributed by atoms with Gasteiger partial charge in [0.25, 0.3) is 11.8 Å². The van der Waals surface area contributed by atoms with Gasteiger partial charge in [-0.15, -0.1) is 0 Å². The lowest BCUT2D eigenvalue weighted by Gasteiger charge is -2.12. The molecule has 0 bridgehead atoms. The summed E-state index contributed by atoms with van der Waals surface area (Å²) >= 11 is 0. The predicted octanol–water partition coefficient (Wildman–Crippen LogP) is 2.98. The third-order valence-electron chi connectivity index (χ3n) is 4.31. The van der Waals surface area contributed by atoms with E-state index in [0.717, 1.165) is 10.8 Å². The molecule has 1 atom stereocenters. The van der Waals surface area contributed by atoms with Gasteiger partial charge in [-0.05, 0) is 22.9 Å². The van der Waals surface area contributed by atoms with Crippen LogP contribution in [-0.2, 0) is 11.0 Å². The zero-order valence-electron chi connectivity index (χ0n) is 13.5. The van der Waals surface area contributed by atoms with Gasteiger partial charge in [-0.3, -0.25) is 14.4 Å². The summed E-state index contributed by atoms with van der Waals surface area (Å²) in [7, 11) is -2.07. The molecule has 0 saturated carbocycles. The van der Waals surface area contributed by atoms with E-state index >= 15 is 0 Å². The third-order valence-corrected chi connectivity index (χ3v) is 5.55. The number of fused-ring (bicyclic) bond motifs is 2. The zero-order chi connectivity index (χ0) is 18.3.